The van der Waals surface area contributed by atoms with Gasteiger partial charge in [-0.1, -0.05) is 12.2 Å². The van der Waals surface area contributed by atoms with Crippen LogP contribution in [0.15, 0.2) is 70.1 Å². The van der Waals surface area contributed by atoms with Gasteiger partial charge in [0, 0.05) is 11.4 Å². The highest BCUT2D eigenvalue weighted by atomic mass is 16.5. The van der Waals surface area contributed by atoms with Crippen molar-refractivity contribution in [2.75, 3.05) is 23.8 Å². The Morgan fingerprint density at radius 2 is 1.18 bits per heavy atom. The zero-order valence-electron chi connectivity index (χ0n) is 19.9. The molecule has 0 saturated heterocycles. The molecule has 6 nitrogen and oxygen atoms in total. The first-order valence-electron chi connectivity index (χ1n) is 12.4. The van der Waals surface area contributed by atoms with Crippen LogP contribution in [0.5, 0.6) is 0 Å². The average molecular weight is 461 g/mol. The summed E-state index contributed by atoms with van der Waals surface area (Å²) < 4.78 is 10.7. The zero-order valence-corrected chi connectivity index (χ0v) is 19.9. The molecule has 0 heterocycles. The number of fused-ring (bicyclic) bond motifs is 4. The van der Waals surface area contributed by atoms with Crippen molar-refractivity contribution in [3.8, 4) is 0 Å². The Hall–Kier alpha value is -3.28. The maximum absolute atomic E-state index is 12.7. The molecular formula is C28H32N2O4. The first-order chi connectivity index (χ1) is 16.6. The molecule has 178 valence electrons. The van der Waals surface area contributed by atoms with E-state index in [4.69, 9.17) is 9.47 Å². The van der Waals surface area contributed by atoms with Crippen LogP contribution < -0.4 is 10.6 Å². The summed E-state index contributed by atoms with van der Waals surface area (Å²) in [7, 11) is 0. The zero-order chi connectivity index (χ0) is 23.7. The van der Waals surface area contributed by atoms with E-state index in [1.165, 1.54) is 11.1 Å². The maximum Gasteiger partial charge on any atom is 0.336 e. The van der Waals surface area contributed by atoms with E-state index in [0.717, 1.165) is 72.4 Å². The van der Waals surface area contributed by atoms with Gasteiger partial charge in [0.15, 0.2) is 0 Å². The molecule has 6 heteroatoms. The Kier molecular flexibility index (Phi) is 6.31. The van der Waals surface area contributed by atoms with Crippen LogP contribution in [0, 0.1) is 11.8 Å². The van der Waals surface area contributed by atoms with Gasteiger partial charge in [-0.25, -0.2) is 9.59 Å². The molecule has 0 fully saturated rings. The summed E-state index contributed by atoms with van der Waals surface area (Å²) in [6.45, 7) is 4.44. The molecule has 6 aliphatic rings. The highest BCUT2D eigenvalue weighted by Gasteiger charge is 2.36. The second-order valence-corrected chi connectivity index (χ2v) is 9.25. The van der Waals surface area contributed by atoms with Gasteiger partial charge >= 0.3 is 11.9 Å². The predicted octanol–water partition coefficient (Wildman–Crippen LogP) is 5.63. The fourth-order valence-corrected chi connectivity index (χ4v) is 5.58. The van der Waals surface area contributed by atoms with Crippen molar-refractivity contribution in [2.45, 2.75) is 52.4 Å². The van der Waals surface area contributed by atoms with Gasteiger partial charge in [-0.15, -0.1) is 0 Å². The monoisotopic (exact) mass is 460 g/mol. The van der Waals surface area contributed by atoms with Crippen LogP contribution in [0.1, 0.15) is 52.4 Å². The van der Waals surface area contributed by atoms with Gasteiger partial charge in [0.2, 0.25) is 0 Å². The van der Waals surface area contributed by atoms with Gasteiger partial charge in [0.25, 0.3) is 0 Å². The van der Waals surface area contributed by atoms with Crippen LogP contribution in [-0.2, 0) is 19.1 Å². The summed E-state index contributed by atoms with van der Waals surface area (Å²) in [6, 6.07) is 8.00. The standard InChI is InChI=1S/C28H32N2O4/c1-3-33-27(31)23-17-5-9-19(10-6-17)25(23)29-21-13-15-22(16-14-21)30-26-20-11-7-18(8-12-20)24(26)28(32)34-4-2/h9,11,13-18,29-30H,3-8,10,12H2,1-2H3. The minimum absolute atomic E-state index is 0.211. The second-order valence-electron chi connectivity index (χ2n) is 9.25. The first-order valence-corrected chi connectivity index (χ1v) is 12.4. The number of nitrogens with one attached hydrogen (secondary N) is 2. The molecule has 7 rings (SSSR count). The number of esters is 2. The molecule has 6 aliphatic carbocycles. The molecule has 1 aromatic rings. The summed E-state index contributed by atoms with van der Waals surface area (Å²) in [6.07, 6.45) is 10.3. The Morgan fingerprint density at radius 3 is 1.50 bits per heavy atom. The third kappa shape index (κ3) is 4.17. The largest absolute Gasteiger partial charge is 0.463 e. The average Bonchev–Trinajstić information content (AvgIpc) is 2.87. The van der Waals surface area contributed by atoms with Gasteiger partial charge in [0.05, 0.1) is 35.8 Å². The molecule has 34 heavy (non-hydrogen) atoms. The number of rotatable bonds is 8. The third-order valence-corrected chi connectivity index (χ3v) is 7.23. The van der Waals surface area contributed by atoms with E-state index in [2.05, 4.69) is 22.8 Å². The van der Waals surface area contributed by atoms with Crippen molar-refractivity contribution in [1.29, 1.82) is 0 Å². The van der Waals surface area contributed by atoms with E-state index < -0.39 is 0 Å². The topological polar surface area (TPSA) is 76.7 Å². The number of anilines is 2. The third-order valence-electron chi connectivity index (χ3n) is 7.23. The fourth-order valence-electron chi connectivity index (χ4n) is 5.58. The van der Waals surface area contributed by atoms with Gasteiger partial charge in [0.1, 0.15) is 0 Å². The van der Waals surface area contributed by atoms with Crippen molar-refractivity contribution >= 4 is 23.3 Å². The van der Waals surface area contributed by atoms with Crippen molar-refractivity contribution in [3.05, 3.63) is 70.1 Å². The van der Waals surface area contributed by atoms with Crippen LogP contribution in [0.3, 0.4) is 0 Å². The summed E-state index contributed by atoms with van der Waals surface area (Å²) in [5.74, 6) is 0.0294. The number of benzene rings is 1. The molecule has 0 radical (unpaired) electrons. The lowest BCUT2D eigenvalue weighted by atomic mass is 9.75. The molecule has 2 N–H and O–H groups in total. The van der Waals surface area contributed by atoms with E-state index in [9.17, 15) is 9.59 Å². The lowest BCUT2D eigenvalue weighted by Crippen LogP contribution is -2.28. The molecule has 0 spiro atoms. The van der Waals surface area contributed by atoms with Crippen molar-refractivity contribution in [3.63, 3.8) is 0 Å². The highest BCUT2D eigenvalue weighted by molar-refractivity contribution is 5.93. The normalized spacial score (nSPS) is 22.9. The van der Waals surface area contributed by atoms with E-state index in [-0.39, 0.29) is 23.8 Å². The van der Waals surface area contributed by atoms with Gasteiger partial charge < -0.3 is 20.1 Å². The van der Waals surface area contributed by atoms with E-state index in [1.54, 1.807) is 0 Å². The van der Waals surface area contributed by atoms with Gasteiger partial charge in [-0.3, -0.25) is 0 Å². The van der Waals surface area contributed by atoms with E-state index in [1.807, 2.05) is 38.1 Å². The molecule has 2 unspecified atom stereocenters. The number of hydrogen-bond donors (Lipinski definition) is 2. The summed E-state index contributed by atoms with van der Waals surface area (Å²) in [5.41, 5.74) is 7.60. The molecule has 0 aromatic heterocycles. The van der Waals surface area contributed by atoms with Crippen molar-refractivity contribution in [2.24, 2.45) is 11.8 Å². The molecule has 1 aromatic carbocycles. The van der Waals surface area contributed by atoms with Crippen LogP contribution in [0.25, 0.3) is 0 Å². The molecule has 0 aliphatic heterocycles. The van der Waals surface area contributed by atoms with Gasteiger partial charge in [-0.05, 0) is 99.6 Å². The first kappa shape index (κ1) is 22.5. The van der Waals surface area contributed by atoms with Crippen molar-refractivity contribution < 1.29 is 19.1 Å². The van der Waals surface area contributed by atoms with Crippen LogP contribution in [0.2, 0.25) is 0 Å². The minimum Gasteiger partial charge on any atom is -0.463 e. The molecule has 2 atom stereocenters. The van der Waals surface area contributed by atoms with Gasteiger partial charge in [-0.2, -0.15) is 0 Å². The molecule has 0 saturated carbocycles. The number of allylic oxidation sites excluding steroid dienone is 4. The Morgan fingerprint density at radius 1 is 0.765 bits per heavy atom. The SMILES string of the molecule is CCOC(=O)C1=C(Nc2ccc(NC3=C(C(=O)OCC)C4CC=C3CC4)cc2)C2=CCC1CC2. The summed E-state index contributed by atoms with van der Waals surface area (Å²) >= 11 is 0. The van der Waals surface area contributed by atoms with Crippen molar-refractivity contribution in [1.82, 2.24) is 0 Å². The maximum atomic E-state index is 12.7. The quantitative estimate of drug-likeness (QED) is 0.490. The Labute approximate surface area is 200 Å². The lowest BCUT2D eigenvalue weighted by Gasteiger charge is -2.34. The van der Waals surface area contributed by atoms with E-state index in [0.29, 0.717) is 13.2 Å². The second kappa shape index (κ2) is 9.53. The number of ether oxygens (including phenoxy) is 2. The number of carbonyl (C=O) groups excluding carboxylic acids is 2. The van der Waals surface area contributed by atoms with Crippen LogP contribution in [-0.4, -0.2) is 25.2 Å². The van der Waals surface area contributed by atoms with Crippen LogP contribution >= 0.6 is 0 Å². The van der Waals surface area contributed by atoms with Crippen LogP contribution in [0.4, 0.5) is 11.4 Å². The summed E-state index contributed by atoms with van der Waals surface area (Å²) in [5, 5.41) is 6.98. The fraction of sp³-hybridized carbons (Fsp3) is 0.429. The minimum atomic E-state index is -0.211. The number of carbonyl (C=O) groups is 2. The lowest BCUT2D eigenvalue weighted by molar-refractivity contribution is -0.140. The Bertz CT molecular complexity index is 1030. The summed E-state index contributed by atoms with van der Waals surface area (Å²) in [4.78, 5) is 25.3. The van der Waals surface area contributed by atoms with E-state index >= 15 is 0 Å². The molecular weight excluding hydrogens is 428 g/mol. The predicted molar refractivity (Wildman–Crippen MR) is 132 cm³/mol. The number of hydrogen-bond acceptors (Lipinski definition) is 6. The highest BCUT2D eigenvalue weighted by Crippen LogP contribution is 2.43. The molecule has 0 amide bonds. The Balaban J connectivity index is 1.37. The smallest absolute Gasteiger partial charge is 0.336 e. The molecule has 4 bridgehead atoms.